The summed E-state index contributed by atoms with van der Waals surface area (Å²) < 4.78 is 3.77. The van der Waals surface area contributed by atoms with E-state index in [-0.39, 0.29) is 5.56 Å². The summed E-state index contributed by atoms with van der Waals surface area (Å²) in [4.78, 5) is 14.4. The average molecular weight is 313 g/mol. The summed E-state index contributed by atoms with van der Waals surface area (Å²) in [5, 5.41) is 8.75. The lowest BCUT2D eigenvalue weighted by molar-refractivity contribution is 0.216. The third-order valence-electron chi connectivity index (χ3n) is 5.11. The molecule has 0 aromatic carbocycles. The lowest BCUT2D eigenvalue weighted by Crippen LogP contribution is -2.36. The quantitative estimate of drug-likeness (QED) is 0.857. The van der Waals surface area contributed by atoms with Crippen LogP contribution >= 0.6 is 0 Å². The number of hydrogen-bond donors (Lipinski definition) is 0. The van der Waals surface area contributed by atoms with Gasteiger partial charge in [-0.15, -0.1) is 0 Å². The highest BCUT2D eigenvalue weighted by molar-refractivity contribution is 5.19. The van der Waals surface area contributed by atoms with Crippen molar-refractivity contribution in [1.29, 1.82) is 0 Å². The number of fused-ring (bicyclic) bond motifs is 1. The van der Waals surface area contributed by atoms with E-state index in [0.29, 0.717) is 12.6 Å². The van der Waals surface area contributed by atoms with Crippen LogP contribution in [0.3, 0.4) is 0 Å². The zero-order valence-corrected chi connectivity index (χ0v) is 13.4. The summed E-state index contributed by atoms with van der Waals surface area (Å²) in [6, 6.07) is 3.67. The van der Waals surface area contributed by atoms with Crippen molar-refractivity contribution in [2.45, 2.75) is 57.8 Å². The van der Waals surface area contributed by atoms with Crippen molar-refractivity contribution in [1.82, 2.24) is 24.5 Å². The molecule has 1 unspecified atom stereocenters. The first-order chi connectivity index (χ1) is 11.3. The number of likely N-dealkylation sites (tertiary alicyclic amines) is 1. The second-order valence-electron chi connectivity index (χ2n) is 6.61. The highest BCUT2D eigenvalue weighted by Crippen LogP contribution is 2.24. The Balaban J connectivity index is 1.49. The van der Waals surface area contributed by atoms with Gasteiger partial charge in [0, 0.05) is 42.7 Å². The largest absolute Gasteiger partial charge is 0.294 e. The molecule has 4 rings (SSSR count). The third kappa shape index (κ3) is 2.95. The highest BCUT2D eigenvalue weighted by Gasteiger charge is 2.27. The van der Waals surface area contributed by atoms with Gasteiger partial charge in [0.15, 0.2) is 0 Å². The molecule has 2 aromatic rings. The molecule has 4 heterocycles. The van der Waals surface area contributed by atoms with Crippen LogP contribution in [0.1, 0.15) is 36.9 Å². The fraction of sp³-hybridized carbons (Fsp3) is 0.588. The van der Waals surface area contributed by atoms with Gasteiger partial charge < -0.3 is 0 Å². The van der Waals surface area contributed by atoms with E-state index in [0.717, 1.165) is 32.5 Å². The average Bonchev–Trinajstić information content (AvgIpc) is 3.18. The van der Waals surface area contributed by atoms with E-state index in [1.807, 2.05) is 6.20 Å². The molecule has 0 N–H and O–H groups in total. The van der Waals surface area contributed by atoms with Crippen LogP contribution in [0, 0.1) is 0 Å². The Morgan fingerprint density at radius 1 is 1.17 bits per heavy atom. The summed E-state index contributed by atoms with van der Waals surface area (Å²) in [6.07, 6.45) is 9.71. The molecule has 1 atom stereocenters. The number of nitrogens with zero attached hydrogens (tertiary/aromatic N) is 5. The van der Waals surface area contributed by atoms with Crippen LogP contribution in [-0.4, -0.2) is 37.0 Å². The van der Waals surface area contributed by atoms with Crippen molar-refractivity contribution in [2.75, 3.05) is 6.54 Å². The second-order valence-corrected chi connectivity index (χ2v) is 6.61. The summed E-state index contributed by atoms with van der Waals surface area (Å²) in [7, 11) is 0. The van der Waals surface area contributed by atoms with Gasteiger partial charge in [-0.1, -0.05) is 0 Å². The summed E-state index contributed by atoms with van der Waals surface area (Å²) in [5.74, 6) is 0. The van der Waals surface area contributed by atoms with Crippen LogP contribution in [0.5, 0.6) is 0 Å². The van der Waals surface area contributed by atoms with Gasteiger partial charge in [-0.05, 0) is 44.7 Å². The lowest BCUT2D eigenvalue weighted by Gasteiger charge is -2.25. The van der Waals surface area contributed by atoms with E-state index >= 15 is 0 Å². The van der Waals surface area contributed by atoms with Gasteiger partial charge >= 0.3 is 0 Å². The molecule has 2 aromatic heterocycles. The SMILES string of the molecule is O=c1cccnn1CC1CCCN1Cc1cnn2c1CCCC2. The van der Waals surface area contributed by atoms with Crippen molar-refractivity contribution in [3.63, 3.8) is 0 Å². The molecule has 1 fully saturated rings. The molecule has 0 spiro atoms. The zero-order valence-electron chi connectivity index (χ0n) is 13.4. The van der Waals surface area contributed by atoms with Crippen LogP contribution in [-0.2, 0) is 26.1 Å². The van der Waals surface area contributed by atoms with Crippen molar-refractivity contribution in [3.8, 4) is 0 Å². The summed E-state index contributed by atoms with van der Waals surface area (Å²) in [6.45, 7) is 3.78. The van der Waals surface area contributed by atoms with Gasteiger partial charge in [-0.25, -0.2) is 4.68 Å². The Bertz CT molecular complexity index is 735. The summed E-state index contributed by atoms with van der Waals surface area (Å²) in [5.41, 5.74) is 2.77. The number of aromatic nitrogens is 4. The molecule has 0 amide bonds. The molecule has 2 aliphatic rings. The van der Waals surface area contributed by atoms with Crippen molar-refractivity contribution in [2.24, 2.45) is 0 Å². The Morgan fingerprint density at radius 3 is 3.04 bits per heavy atom. The Morgan fingerprint density at radius 2 is 2.13 bits per heavy atom. The van der Waals surface area contributed by atoms with Crippen LogP contribution in [0.25, 0.3) is 0 Å². The van der Waals surface area contributed by atoms with Gasteiger partial charge in [-0.3, -0.25) is 14.4 Å². The first-order valence-electron chi connectivity index (χ1n) is 8.61. The lowest BCUT2D eigenvalue weighted by atomic mass is 10.1. The van der Waals surface area contributed by atoms with E-state index in [1.54, 1.807) is 23.0 Å². The number of aryl methyl sites for hydroxylation is 1. The van der Waals surface area contributed by atoms with E-state index in [2.05, 4.69) is 19.8 Å². The molecule has 122 valence electrons. The van der Waals surface area contributed by atoms with Gasteiger partial charge in [-0.2, -0.15) is 10.2 Å². The van der Waals surface area contributed by atoms with Crippen LogP contribution < -0.4 is 5.56 Å². The normalized spacial score (nSPS) is 21.5. The minimum Gasteiger partial charge on any atom is -0.294 e. The van der Waals surface area contributed by atoms with E-state index in [4.69, 9.17) is 0 Å². The van der Waals surface area contributed by atoms with Crippen molar-refractivity contribution >= 4 is 0 Å². The first-order valence-corrected chi connectivity index (χ1v) is 8.61. The summed E-state index contributed by atoms with van der Waals surface area (Å²) >= 11 is 0. The molecule has 0 bridgehead atoms. The zero-order chi connectivity index (χ0) is 15.6. The molecule has 6 nitrogen and oxygen atoms in total. The van der Waals surface area contributed by atoms with E-state index in [9.17, 15) is 4.79 Å². The number of hydrogen-bond acceptors (Lipinski definition) is 4. The maximum absolute atomic E-state index is 11.9. The minimum atomic E-state index is -0.0118. The van der Waals surface area contributed by atoms with Crippen molar-refractivity contribution < 1.29 is 0 Å². The Hall–Kier alpha value is -1.95. The Kier molecular flexibility index (Phi) is 3.99. The van der Waals surface area contributed by atoms with Crippen LogP contribution in [0.4, 0.5) is 0 Å². The number of rotatable bonds is 4. The van der Waals surface area contributed by atoms with E-state index in [1.165, 1.54) is 30.5 Å². The predicted molar refractivity (Wildman–Crippen MR) is 87.1 cm³/mol. The maximum atomic E-state index is 11.9. The molecule has 2 aliphatic heterocycles. The molecule has 0 radical (unpaired) electrons. The topological polar surface area (TPSA) is 56.0 Å². The fourth-order valence-electron chi connectivity index (χ4n) is 3.87. The van der Waals surface area contributed by atoms with Gasteiger partial charge in [0.2, 0.25) is 0 Å². The van der Waals surface area contributed by atoms with Gasteiger partial charge in [0.25, 0.3) is 5.56 Å². The standard InChI is InChI=1S/C17H23N5O/c23-17-7-3-8-18-22(17)13-15-5-4-9-20(15)12-14-11-19-21-10-2-1-6-16(14)21/h3,7-8,11,15H,1-2,4-6,9-10,12-13H2. The molecule has 23 heavy (non-hydrogen) atoms. The molecule has 0 saturated carbocycles. The monoisotopic (exact) mass is 313 g/mol. The Labute approximate surface area is 135 Å². The molecule has 1 saturated heterocycles. The maximum Gasteiger partial charge on any atom is 0.266 e. The molecule has 6 heteroatoms. The third-order valence-corrected chi connectivity index (χ3v) is 5.11. The van der Waals surface area contributed by atoms with Crippen LogP contribution in [0.2, 0.25) is 0 Å². The molecule has 0 aliphatic carbocycles. The van der Waals surface area contributed by atoms with Crippen LogP contribution in [0.15, 0.2) is 29.3 Å². The fourth-order valence-corrected chi connectivity index (χ4v) is 3.87. The van der Waals surface area contributed by atoms with E-state index < -0.39 is 0 Å². The predicted octanol–water partition coefficient (Wildman–Crippen LogP) is 1.44. The minimum absolute atomic E-state index is 0.0118. The van der Waals surface area contributed by atoms with Crippen molar-refractivity contribution in [3.05, 3.63) is 46.1 Å². The highest BCUT2D eigenvalue weighted by atomic mass is 16.1. The smallest absolute Gasteiger partial charge is 0.266 e. The van der Waals surface area contributed by atoms with Gasteiger partial charge in [0.05, 0.1) is 12.7 Å². The molecular formula is C17H23N5O. The molecular weight excluding hydrogens is 290 g/mol. The second kappa shape index (κ2) is 6.28. The first kappa shape index (κ1) is 14.6. The van der Waals surface area contributed by atoms with Gasteiger partial charge in [0.1, 0.15) is 0 Å².